The molecule has 8 nitrogen and oxygen atoms in total. The van der Waals surface area contributed by atoms with Crippen LogP contribution in [0.15, 0.2) is 59.7 Å². The number of nitrogens with zero attached hydrogens (tertiary/aromatic N) is 1. The van der Waals surface area contributed by atoms with Gasteiger partial charge in [-0.25, -0.2) is 5.43 Å². The molecule has 2 amide bonds. The number of nitrogens with one attached hydrogen (secondary N) is 2. The first-order valence-electron chi connectivity index (χ1n) is 8.59. The van der Waals surface area contributed by atoms with Crippen LogP contribution < -0.4 is 20.6 Å². The Labute approximate surface area is 162 Å². The fourth-order valence-corrected chi connectivity index (χ4v) is 2.24. The van der Waals surface area contributed by atoms with Gasteiger partial charge in [-0.2, -0.15) is 5.10 Å². The minimum absolute atomic E-state index is 0.201. The molecule has 2 N–H and O–H groups in total. The van der Waals surface area contributed by atoms with Crippen molar-refractivity contribution in [3.63, 3.8) is 0 Å². The monoisotopic (exact) mass is 382 g/mol. The predicted molar refractivity (Wildman–Crippen MR) is 100 cm³/mol. The van der Waals surface area contributed by atoms with E-state index in [0.717, 1.165) is 5.56 Å². The summed E-state index contributed by atoms with van der Waals surface area (Å²) >= 11 is 0. The summed E-state index contributed by atoms with van der Waals surface area (Å²) < 4.78 is 5.08. The normalized spacial score (nSPS) is 10.4. The molecule has 0 spiro atoms. The minimum Gasteiger partial charge on any atom is -0.546 e. The van der Waals surface area contributed by atoms with Gasteiger partial charge >= 0.3 is 0 Å². The minimum atomic E-state index is -1.34. The van der Waals surface area contributed by atoms with Crippen LogP contribution in [-0.2, 0) is 20.8 Å². The summed E-state index contributed by atoms with van der Waals surface area (Å²) in [5.41, 5.74) is 3.81. The molecule has 0 saturated carbocycles. The van der Waals surface area contributed by atoms with Crippen molar-refractivity contribution in [2.24, 2.45) is 5.10 Å². The summed E-state index contributed by atoms with van der Waals surface area (Å²) in [6.07, 6.45) is 2.19. The number of aliphatic carboxylic acids is 1. The number of benzene rings is 2. The van der Waals surface area contributed by atoms with Crippen molar-refractivity contribution in [2.75, 3.05) is 13.2 Å². The Morgan fingerprint density at radius 1 is 1.00 bits per heavy atom. The summed E-state index contributed by atoms with van der Waals surface area (Å²) in [7, 11) is 0. The maximum absolute atomic E-state index is 11.8. The second-order valence-electron chi connectivity index (χ2n) is 5.75. The standard InChI is InChI=1S/C20H21N3O5/c24-18(11-10-15-6-2-1-3-7-15)21-13-19(25)23-22-12-16-8-4-5-9-17(16)28-14-20(26)27/h1-9,12H,10-11,13-14H2,(H,21,24)(H,23,25)(H,26,27)/p-1/b22-12-. The van der Waals surface area contributed by atoms with Crippen molar-refractivity contribution in [1.82, 2.24) is 10.7 Å². The van der Waals surface area contributed by atoms with Crippen LogP contribution in [0.4, 0.5) is 0 Å². The second kappa shape index (κ2) is 11.1. The molecule has 0 unspecified atom stereocenters. The molecule has 0 saturated heterocycles. The average molecular weight is 382 g/mol. The number of para-hydroxylation sites is 1. The van der Waals surface area contributed by atoms with E-state index in [1.807, 2.05) is 30.3 Å². The van der Waals surface area contributed by atoms with Gasteiger partial charge in [0.25, 0.3) is 5.91 Å². The number of carbonyl (C=O) groups is 3. The van der Waals surface area contributed by atoms with Crippen LogP contribution in [0.1, 0.15) is 17.5 Å². The van der Waals surface area contributed by atoms with E-state index in [4.69, 9.17) is 4.74 Å². The topological polar surface area (TPSA) is 120 Å². The molecule has 0 aliphatic heterocycles. The van der Waals surface area contributed by atoms with Crippen LogP contribution in [0.3, 0.4) is 0 Å². The molecule has 2 aromatic rings. The molecule has 0 fully saturated rings. The van der Waals surface area contributed by atoms with Crippen LogP contribution in [0.2, 0.25) is 0 Å². The lowest BCUT2D eigenvalue weighted by Crippen LogP contribution is -2.35. The highest BCUT2D eigenvalue weighted by molar-refractivity contribution is 5.87. The molecular weight excluding hydrogens is 362 g/mol. The first-order chi connectivity index (χ1) is 13.5. The highest BCUT2D eigenvalue weighted by Gasteiger charge is 2.06. The van der Waals surface area contributed by atoms with Crippen molar-refractivity contribution in [3.05, 3.63) is 65.7 Å². The number of aryl methyl sites for hydroxylation is 1. The Morgan fingerprint density at radius 3 is 2.46 bits per heavy atom. The zero-order valence-corrected chi connectivity index (χ0v) is 15.1. The van der Waals surface area contributed by atoms with E-state index < -0.39 is 18.5 Å². The van der Waals surface area contributed by atoms with Gasteiger partial charge in [0.2, 0.25) is 5.91 Å². The van der Waals surface area contributed by atoms with Crippen LogP contribution in [-0.4, -0.2) is 37.1 Å². The molecule has 0 aliphatic carbocycles. The lowest BCUT2D eigenvalue weighted by molar-refractivity contribution is -0.307. The Bertz CT molecular complexity index is 837. The smallest absolute Gasteiger partial charge is 0.259 e. The second-order valence-corrected chi connectivity index (χ2v) is 5.75. The average Bonchev–Trinajstić information content (AvgIpc) is 2.70. The summed E-state index contributed by atoms with van der Waals surface area (Å²) in [5.74, 6) is -1.77. The Hall–Kier alpha value is -3.68. The summed E-state index contributed by atoms with van der Waals surface area (Å²) in [4.78, 5) is 34.0. The Balaban J connectivity index is 1.73. The SMILES string of the molecule is O=C([O-])COc1ccccc1/C=N\NC(=O)CNC(=O)CCc1ccccc1. The molecule has 0 aromatic heterocycles. The van der Waals surface area contributed by atoms with E-state index >= 15 is 0 Å². The molecule has 8 heteroatoms. The number of carbonyl (C=O) groups excluding carboxylic acids is 3. The van der Waals surface area contributed by atoms with Gasteiger partial charge in [0.1, 0.15) is 12.4 Å². The summed E-state index contributed by atoms with van der Waals surface area (Å²) in [6.45, 7) is -0.792. The van der Waals surface area contributed by atoms with Crippen LogP contribution in [0.25, 0.3) is 0 Å². The van der Waals surface area contributed by atoms with Gasteiger partial charge in [0.05, 0.1) is 18.7 Å². The fourth-order valence-electron chi connectivity index (χ4n) is 2.24. The number of carboxylic acid groups (broad SMARTS) is 1. The molecule has 2 rings (SSSR count). The van der Waals surface area contributed by atoms with Crippen molar-refractivity contribution < 1.29 is 24.2 Å². The van der Waals surface area contributed by atoms with Gasteiger partial charge in [0, 0.05) is 12.0 Å². The van der Waals surface area contributed by atoms with E-state index in [-0.39, 0.29) is 18.9 Å². The van der Waals surface area contributed by atoms with Gasteiger partial charge in [-0.15, -0.1) is 0 Å². The number of hydrogen-bond acceptors (Lipinski definition) is 6. The van der Waals surface area contributed by atoms with E-state index in [2.05, 4.69) is 15.8 Å². The molecule has 0 aliphatic rings. The van der Waals surface area contributed by atoms with E-state index in [1.54, 1.807) is 24.3 Å². The zero-order valence-electron chi connectivity index (χ0n) is 15.1. The number of rotatable bonds is 10. The van der Waals surface area contributed by atoms with E-state index in [0.29, 0.717) is 17.7 Å². The number of amides is 2. The van der Waals surface area contributed by atoms with E-state index in [1.165, 1.54) is 6.21 Å². The van der Waals surface area contributed by atoms with Crippen molar-refractivity contribution in [2.45, 2.75) is 12.8 Å². The lowest BCUT2D eigenvalue weighted by atomic mass is 10.1. The Kier molecular flexibility index (Phi) is 8.19. The third-order valence-corrected chi connectivity index (χ3v) is 3.59. The molecule has 28 heavy (non-hydrogen) atoms. The quantitative estimate of drug-likeness (QED) is 0.443. The molecule has 0 bridgehead atoms. The third-order valence-electron chi connectivity index (χ3n) is 3.59. The van der Waals surface area contributed by atoms with E-state index in [9.17, 15) is 19.5 Å². The van der Waals surface area contributed by atoms with Gasteiger partial charge in [-0.3, -0.25) is 9.59 Å². The maximum Gasteiger partial charge on any atom is 0.259 e. The maximum atomic E-state index is 11.8. The molecule has 0 atom stereocenters. The predicted octanol–water partition coefficient (Wildman–Crippen LogP) is 0.0144. The first-order valence-corrected chi connectivity index (χ1v) is 8.59. The molecule has 2 aromatic carbocycles. The van der Waals surface area contributed by atoms with Crippen LogP contribution in [0.5, 0.6) is 5.75 Å². The molecule has 0 radical (unpaired) electrons. The number of hydrogen-bond donors (Lipinski definition) is 2. The number of hydrazone groups is 1. The molecule has 0 heterocycles. The van der Waals surface area contributed by atoms with Crippen molar-refractivity contribution in [3.8, 4) is 5.75 Å². The lowest BCUT2D eigenvalue weighted by Gasteiger charge is -2.09. The van der Waals surface area contributed by atoms with Gasteiger partial charge in [-0.1, -0.05) is 42.5 Å². The van der Waals surface area contributed by atoms with Gasteiger partial charge < -0.3 is 20.0 Å². The molecule has 146 valence electrons. The van der Waals surface area contributed by atoms with Crippen molar-refractivity contribution in [1.29, 1.82) is 0 Å². The Morgan fingerprint density at radius 2 is 1.71 bits per heavy atom. The molecular formula is C20H20N3O5-. The highest BCUT2D eigenvalue weighted by Crippen LogP contribution is 2.15. The third kappa shape index (κ3) is 7.69. The zero-order chi connectivity index (χ0) is 20.2. The summed E-state index contributed by atoms with van der Waals surface area (Å²) in [5, 5.41) is 16.8. The van der Waals surface area contributed by atoms with Crippen LogP contribution >= 0.6 is 0 Å². The summed E-state index contributed by atoms with van der Waals surface area (Å²) in [6, 6.07) is 16.2. The fraction of sp³-hybridized carbons (Fsp3) is 0.200. The number of ether oxygens (including phenoxy) is 1. The van der Waals surface area contributed by atoms with Crippen LogP contribution in [0, 0.1) is 0 Å². The van der Waals surface area contributed by atoms with Gasteiger partial charge in [0.15, 0.2) is 0 Å². The number of carboxylic acids is 1. The first kappa shape index (κ1) is 20.6. The largest absolute Gasteiger partial charge is 0.546 e. The highest BCUT2D eigenvalue weighted by atomic mass is 16.5. The van der Waals surface area contributed by atoms with Crippen molar-refractivity contribution >= 4 is 24.0 Å². The van der Waals surface area contributed by atoms with Gasteiger partial charge in [-0.05, 0) is 24.1 Å².